The van der Waals surface area contributed by atoms with Crippen molar-refractivity contribution >= 4 is 23.2 Å². The summed E-state index contributed by atoms with van der Waals surface area (Å²) < 4.78 is 32.0. The van der Waals surface area contributed by atoms with Gasteiger partial charge in [0, 0.05) is 18.2 Å². The lowest BCUT2D eigenvalue weighted by Gasteiger charge is -2.10. The van der Waals surface area contributed by atoms with E-state index in [0.717, 1.165) is 12.1 Å². The number of nitrogen functional groups attached to an aromatic ring is 1. The van der Waals surface area contributed by atoms with E-state index in [1.54, 1.807) is 0 Å². The Morgan fingerprint density at radius 2 is 1.85 bits per heavy atom. The van der Waals surface area contributed by atoms with Gasteiger partial charge in [0.25, 0.3) is 5.91 Å². The van der Waals surface area contributed by atoms with Crippen LogP contribution in [0.25, 0.3) is 0 Å². The van der Waals surface area contributed by atoms with Crippen molar-refractivity contribution in [2.45, 2.75) is 0 Å². The van der Waals surface area contributed by atoms with Crippen molar-refractivity contribution in [3.63, 3.8) is 0 Å². The van der Waals surface area contributed by atoms with Crippen molar-refractivity contribution in [1.82, 2.24) is 0 Å². The van der Waals surface area contributed by atoms with Crippen LogP contribution in [0, 0.1) is 11.6 Å². The van der Waals surface area contributed by atoms with E-state index in [9.17, 15) is 13.6 Å². The van der Waals surface area contributed by atoms with Gasteiger partial charge in [0.2, 0.25) is 0 Å². The van der Waals surface area contributed by atoms with E-state index >= 15 is 0 Å². The van der Waals surface area contributed by atoms with E-state index in [2.05, 4.69) is 0 Å². The third kappa shape index (κ3) is 2.80. The second-order valence-corrected chi connectivity index (χ2v) is 4.32. The summed E-state index contributed by atoms with van der Waals surface area (Å²) >= 11 is 5.60. The molecule has 2 rings (SSSR count). The van der Waals surface area contributed by atoms with Crippen molar-refractivity contribution in [3.05, 3.63) is 52.6 Å². The van der Waals surface area contributed by atoms with Crippen LogP contribution in [0.15, 0.2) is 30.3 Å². The van der Waals surface area contributed by atoms with Gasteiger partial charge in [0.1, 0.15) is 17.4 Å². The van der Waals surface area contributed by atoms with Gasteiger partial charge in [-0.15, -0.1) is 0 Å². The van der Waals surface area contributed by atoms with Crippen LogP contribution in [0.5, 0.6) is 11.5 Å². The lowest BCUT2D eigenvalue weighted by Crippen LogP contribution is -2.12. The lowest BCUT2D eigenvalue weighted by atomic mass is 10.2. The van der Waals surface area contributed by atoms with Crippen molar-refractivity contribution < 1.29 is 18.3 Å². The molecule has 0 aromatic heterocycles. The maximum Gasteiger partial charge on any atom is 0.251 e. The molecule has 2 aromatic carbocycles. The van der Waals surface area contributed by atoms with Crippen molar-refractivity contribution in [3.8, 4) is 11.5 Å². The topological polar surface area (TPSA) is 78.3 Å². The number of primary amides is 1. The van der Waals surface area contributed by atoms with Crippen LogP contribution >= 0.6 is 11.6 Å². The minimum Gasteiger partial charge on any atom is -0.455 e. The molecule has 4 N–H and O–H groups in total. The molecule has 20 heavy (non-hydrogen) atoms. The zero-order valence-electron chi connectivity index (χ0n) is 9.99. The Labute approximate surface area is 117 Å². The molecule has 0 fully saturated rings. The fourth-order valence-corrected chi connectivity index (χ4v) is 1.67. The molecule has 0 aliphatic rings. The van der Waals surface area contributed by atoms with Gasteiger partial charge >= 0.3 is 0 Å². The number of rotatable bonds is 3. The molecule has 0 atom stereocenters. The molecule has 104 valence electrons. The third-order valence-electron chi connectivity index (χ3n) is 2.49. The highest BCUT2D eigenvalue weighted by molar-refractivity contribution is 6.31. The summed E-state index contributed by atoms with van der Waals surface area (Å²) in [6, 6.07) is 5.64. The number of hydrogen-bond donors (Lipinski definition) is 2. The van der Waals surface area contributed by atoms with E-state index in [1.807, 2.05) is 0 Å². The number of halogens is 3. The third-order valence-corrected chi connectivity index (χ3v) is 2.78. The number of benzene rings is 2. The highest BCUT2D eigenvalue weighted by Crippen LogP contribution is 2.32. The van der Waals surface area contributed by atoms with Gasteiger partial charge in [-0.3, -0.25) is 4.79 Å². The summed E-state index contributed by atoms with van der Waals surface area (Å²) in [7, 11) is 0. The quantitative estimate of drug-likeness (QED) is 0.855. The Hall–Kier alpha value is -2.34. The molecule has 0 aliphatic heterocycles. The fraction of sp³-hybridized carbons (Fsp3) is 0. The number of amides is 1. The van der Waals surface area contributed by atoms with Gasteiger partial charge in [-0.2, -0.15) is 0 Å². The predicted molar refractivity (Wildman–Crippen MR) is 70.8 cm³/mol. The average Bonchev–Trinajstić information content (AvgIpc) is 2.35. The molecule has 0 radical (unpaired) electrons. The minimum absolute atomic E-state index is 0.00582. The number of carbonyl (C=O) groups is 1. The Morgan fingerprint density at radius 1 is 1.15 bits per heavy atom. The molecule has 2 aromatic rings. The number of ether oxygens (including phenoxy) is 1. The maximum absolute atomic E-state index is 13.5. The Bertz CT molecular complexity index is 692. The first-order chi connectivity index (χ1) is 9.38. The molecule has 0 saturated carbocycles. The minimum atomic E-state index is -0.890. The molecule has 0 saturated heterocycles. The van der Waals surface area contributed by atoms with Crippen molar-refractivity contribution in [2.24, 2.45) is 5.73 Å². The van der Waals surface area contributed by atoms with Crippen LogP contribution in [0.2, 0.25) is 5.02 Å². The second kappa shape index (κ2) is 5.34. The summed E-state index contributed by atoms with van der Waals surface area (Å²) in [4.78, 5) is 10.9. The summed E-state index contributed by atoms with van der Waals surface area (Å²) in [5.41, 5.74) is 10.3. The van der Waals surface area contributed by atoms with Gasteiger partial charge in [0.05, 0.1) is 16.3 Å². The molecule has 0 spiro atoms. The second-order valence-electron chi connectivity index (χ2n) is 3.91. The van der Waals surface area contributed by atoms with E-state index in [4.69, 9.17) is 27.8 Å². The average molecular weight is 299 g/mol. The smallest absolute Gasteiger partial charge is 0.251 e. The standard InChI is InChI=1S/C13H9ClF2N2O2/c14-8-4-12(11(17)5-10(8)16)20-6-1-2-7(13(18)19)9(15)3-6/h1-5H,17H2,(H2,18,19). The first-order valence-electron chi connectivity index (χ1n) is 5.40. The Kier molecular flexibility index (Phi) is 3.76. The first-order valence-corrected chi connectivity index (χ1v) is 5.78. The molecule has 0 aliphatic carbocycles. The highest BCUT2D eigenvalue weighted by atomic mass is 35.5. The largest absolute Gasteiger partial charge is 0.455 e. The molecule has 0 bridgehead atoms. The number of carbonyl (C=O) groups excluding carboxylic acids is 1. The van der Waals surface area contributed by atoms with Crippen molar-refractivity contribution in [1.29, 1.82) is 0 Å². The zero-order chi connectivity index (χ0) is 14.9. The van der Waals surface area contributed by atoms with Crippen LogP contribution in [-0.2, 0) is 0 Å². The van der Waals surface area contributed by atoms with Crippen LogP contribution < -0.4 is 16.2 Å². The molecule has 0 heterocycles. The predicted octanol–water partition coefficient (Wildman–Crippen LogP) is 3.09. The van der Waals surface area contributed by atoms with Crippen LogP contribution in [0.1, 0.15) is 10.4 Å². The normalized spacial score (nSPS) is 10.3. The Balaban J connectivity index is 2.33. The van der Waals surface area contributed by atoms with Crippen LogP contribution in [0.3, 0.4) is 0 Å². The molecule has 1 amide bonds. The monoisotopic (exact) mass is 298 g/mol. The number of anilines is 1. The van der Waals surface area contributed by atoms with Crippen LogP contribution in [-0.4, -0.2) is 5.91 Å². The van der Waals surface area contributed by atoms with Gasteiger partial charge in [0.15, 0.2) is 5.75 Å². The number of hydrogen-bond acceptors (Lipinski definition) is 3. The summed E-state index contributed by atoms with van der Waals surface area (Å²) in [5, 5.41) is -0.177. The molecular formula is C13H9ClF2N2O2. The van der Waals surface area contributed by atoms with Crippen LogP contribution in [0.4, 0.5) is 14.5 Å². The molecule has 0 unspecified atom stereocenters. The highest BCUT2D eigenvalue weighted by Gasteiger charge is 2.12. The van der Waals surface area contributed by atoms with E-state index in [-0.39, 0.29) is 27.8 Å². The molecular weight excluding hydrogens is 290 g/mol. The van der Waals surface area contributed by atoms with E-state index < -0.39 is 17.5 Å². The fourth-order valence-electron chi connectivity index (χ4n) is 1.52. The van der Waals surface area contributed by atoms with Gasteiger partial charge in [-0.1, -0.05) is 11.6 Å². The first kappa shape index (κ1) is 14.1. The number of nitrogens with two attached hydrogens (primary N) is 2. The molecule has 4 nitrogen and oxygen atoms in total. The maximum atomic E-state index is 13.5. The van der Waals surface area contributed by atoms with E-state index in [1.165, 1.54) is 18.2 Å². The summed E-state index contributed by atoms with van der Waals surface area (Å²) in [6.45, 7) is 0. The van der Waals surface area contributed by atoms with Gasteiger partial charge < -0.3 is 16.2 Å². The van der Waals surface area contributed by atoms with Gasteiger partial charge in [-0.05, 0) is 12.1 Å². The molecule has 7 heteroatoms. The zero-order valence-corrected chi connectivity index (χ0v) is 10.7. The lowest BCUT2D eigenvalue weighted by molar-refractivity contribution is 0.0996. The Morgan fingerprint density at radius 3 is 2.45 bits per heavy atom. The summed E-state index contributed by atoms with van der Waals surface area (Å²) in [6.07, 6.45) is 0. The SMILES string of the molecule is NC(=O)c1ccc(Oc2cc(Cl)c(F)cc2N)cc1F. The summed E-state index contributed by atoms with van der Waals surface area (Å²) in [5.74, 6) is -2.27. The van der Waals surface area contributed by atoms with Crippen molar-refractivity contribution in [2.75, 3.05) is 5.73 Å². The van der Waals surface area contributed by atoms with E-state index in [0.29, 0.717) is 0 Å². The van der Waals surface area contributed by atoms with Gasteiger partial charge in [-0.25, -0.2) is 8.78 Å².